The highest BCUT2D eigenvalue weighted by atomic mass is 32.2. The van der Waals surface area contributed by atoms with E-state index in [-0.39, 0.29) is 16.2 Å². The van der Waals surface area contributed by atoms with Gasteiger partial charge in [0, 0.05) is 67.0 Å². The first kappa shape index (κ1) is 39.2. The molecule has 2 aromatic rings. The molecule has 0 bridgehead atoms. The van der Waals surface area contributed by atoms with Crippen LogP contribution in [0.2, 0.25) is 0 Å². The van der Waals surface area contributed by atoms with Crippen LogP contribution in [0.1, 0.15) is 84.8 Å². The van der Waals surface area contributed by atoms with Crippen molar-refractivity contribution in [1.82, 2.24) is 5.32 Å². The third-order valence-electron chi connectivity index (χ3n) is 9.58. The molecule has 0 aromatic heterocycles. The molecule has 0 fully saturated rings. The van der Waals surface area contributed by atoms with Crippen LogP contribution >= 0.6 is 0 Å². The van der Waals surface area contributed by atoms with Crippen molar-refractivity contribution >= 4 is 33.1 Å². The molecule has 0 saturated heterocycles. The fourth-order valence-electron chi connectivity index (χ4n) is 6.94. The summed E-state index contributed by atoms with van der Waals surface area (Å²) in [5.41, 5.74) is 6.04. The smallest absolute Gasteiger partial charge is 0.294 e. The van der Waals surface area contributed by atoms with Gasteiger partial charge in [0.2, 0.25) is 11.6 Å². The van der Waals surface area contributed by atoms with E-state index in [0.29, 0.717) is 39.3 Å². The number of amides is 1. The van der Waals surface area contributed by atoms with Gasteiger partial charge in [0.15, 0.2) is 5.71 Å². The molecule has 50 heavy (non-hydrogen) atoms. The van der Waals surface area contributed by atoms with Crippen molar-refractivity contribution in [2.75, 3.05) is 51.0 Å². The van der Waals surface area contributed by atoms with E-state index in [2.05, 4.69) is 98.8 Å². The van der Waals surface area contributed by atoms with Gasteiger partial charge in [-0.1, -0.05) is 57.2 Å². The molecule has 0 spiro atoms. The minimum atomic E-state index is -4.34. The van der Waals surface area contributed by atoms with E-state index in [1.807, 2.05) is 12.2 Å². The highest BCUT2D eigenvalue weighted by Crippen LogP contribution is 2.47. The number of likely N-dealkylation sites (N-methyl/N-ethyl adjacent to an activating group) is 1. The zero-order valence-electron chi connectivity index (χ0n) is 30.7. The van der Waals surface area contributed by atoms with E-state index >= 15 is 0 Å². The predicted molar refractivity (Wildman–Crippen MR) is 201 cm³/mol. The van der Waals surface area contributed by atoms with Crippen molar-refractivity contribution in [2.24, 2.45) is 0 Å². The summed E-state index contributed by atoms with van der Waals surface area (Å²) in [6, 6.07) is 13.4. The van der Waals surface area contributed by atoms with Crippen molar-refractivity contribution in [2.45, 2.75) is 89.4 Å². The number of anilines is 1. The van der Waals surface area contributed by atoms with Crippen LogP contribution in [0.15, 0.2) is 83.4 Å². The van der Waals surface area contributed by atoms with Crippen LogP contribution in [-0.2, 0) is 35.2 Å². The van der Waals surface area contributed by atoms with Gasteiger partial charge in [0.1, 0.15) is 6.54 Å². The van der Waals surface area contributed by atoms with Gasteiger partial charge in [-0.05, 0) is 69.9 Å². The summed E-state index contributed by atoms with van der Waals surface area (Å²) in [7, 11) is -4.34. The minimum absolute atomic E-state index is 0.0186. The number of benzene rings is 2. The fraction of sp³-hybridized carbons (Fsp3) is 0.500. The Labute approximate surface area is 299 Å². The van der Waals surface area contributed by atoms with Crippen LogP contribution in [-0.4, -0.2) is 75.2 Å². The molecular weight excluding hydrogens is 651 g/mol. The lowest BCUT2D eigenvalue weighted by Gasteiger charge is -2.25. The van der Waals surface area contributed by atoms with Gasteiger partial charge in [-0.15, -0.1) is 0 Å². The summed E-state index contributed by atoms with van der Waals surface area (Å²) in [4.78, 5) is 14.6. The van der Waals surface area contributed by atoms with Crippen molar-refractivity contribution in [1.29, 1.82) is 0 Å². The Morgan fingerprint density at radius 1 is 0.900 bits per heavy atom. The average molecular weight is 707 g/mol. The summed E-state index contributed by atoms with van der Waals surface area (Å²) in [6.07, 6.45) is 14.4. The number of fused-ring (bicyclic) bond motifs is 2. The monoisotopic (exact) mass is 706 g/mol. The predicted octanol–water partition coefficient (Wildman–Crippen LogP) is 7.24. The molecule has 0 atom stereocenters. The lowest BCUT2D eigenvalue weighted by atomic mass is 9.81. The lowest BCUT2D eigenvalue weighted by molar-refractivity contribution is -0.438. The number of unbranched alkanes of at least 4 members (excludes halogenated alkanes) is 2. The van der Waals surface area contributed by atoms with Crippen molar-refractivity contribution in [3.63, 3.8) is 0 Å². The zero-order valence-corrected chi connectivity index (χ0v) is 31.5. The number of carbonyl (C=O) groups excluding carboxylic acids is 1. The first-order chi connectivity index (χ1) is 23.8. The topological polar surface area (TPSA) is 108 Å². The number of rotatable bonds is 19. The fourth-order valence-corrected chi connectivity index (χ4v) is 7.45. The Hall–Kier alpha value is -3.57. The molecule has 1 amide bonds. The molecule has 0 aliphatic carbocycles. The number of carbonyl (C=O) groups is 1. The molecule has 2 aromatic carbocycles. The van der Waals surface area contributed by atoms with E-state index in [1.54, 1.807) is 12.1 Å². The molecule has 2 aliphatic heterocycles. The summed E-state index contributed by atoms with van der Waals surface area (Å²) in [6.45, 7) is 17.3. The normalized spacial score (nSPS) is 17.3. The maximum atomic E-state index is 12.3. The van der Waals surface area contributed by atoms with E-state index in [9.17, 15) is 17.8 Å². The van der Waals surface area contributed by atoms with Gasteiger partial charge in [0.05, 0.1) is 30.1 Å². The van der Waals surface area contributed by atoms with Gasteiger partial charge < -0.3 is 19.7 Å². The first-order valence-corrected chi connectivity index (χ1v) is 19.4. The number of allylic oxidation sites excluding steroid dienone is 6. The molecule has 272 valence electrons. The Morgan fingerprint density at radius 3 is 2.36 bits per heavy atom. The molecule has 0 saturated carbocycles. The second-order valence-corrected chi connectivity index (χ2v) is 15.3. The number of nitrogens with zero attached hydrogens (tertiary/aromatic N) is 2. The standard InChI is InChI=1S/C40H55N3O6S/c1-7-26-48-28-29-49-27-24-41-38(44)21-13-10-16-25-43-35-23-22-31(50(45,46)47)30-33(35)40(5,6)37(43)20-12-9-11-19-36-39(3,4)32-17-14-15-18-34(32)42(36)8-2/h9,11-12,14-15,17-20,22-23,30H,7-8,10,13,16,21,24-29H2,1-6H3,(H-,41,44,45,46,47)/p+1. The third kappa shape index (κ3) is 9.40. The molecule has 4 rings (SSSR count). The summed E-state index contributed by atoms with van der Waals surface area (Å²) >= 11 is 0. The van der Waals surface area contributed by atoms with Crippen molar-refractivity contribution in [3.05, 3.63) is 89.7 Å². The second kappa shape index (κ2) is 17.6. The maximum absolute atomic E-state index is 12.3. The van der Waals surface area contributed by atoms with Gasteiger partial charge in [-0.3, -0.25) is 9.35 Å². The second-order valence-electron chi connectivity index (χ2n) is 13.9. The largest absolute Gasteiger partial charge is 0.379 e. The Kier molecular flexibility index (Phi) is 13.8. The molecule has 9 nitrogen and oxygen atoms in total. The van der Waals surface area contributed by atoms with E-state index < -0.39 is 15.5 Å². The van der Waals surface area contributed by atoms with Crippen LogP contribution < -0.4 is 10.2 Å². The SMILES string of the molecule is CCCOCCOCCNC(=O)CCCCC[N+]1=C(/C=C/C=C/C=C2\N(CC)c3ccccc3C2(C)C)C(C)(C)c2cc(S(=O)(=O)O)ccc21. The molecule has 2 N–H and O–H groups in total. The number of nitrogens with one attached hydrogen (secondary N) is 1. The van der Waals surface area contributed by atoms with E-state index in [1.165, 1.54) is 23.0 Å². The number of ether oxygens (including phenoxy) is 2. The number of hydrogen-bond donors (Lipinski definition) is 2. The zero-order chi connectivity index (χ0) is 36.4. The molecular formula is C40H56N3O6S+. The molecule has 2 heterocycles. The molecule has 10 heteroatoms. The van der Waals surface area contributed by atoms with E-state index in [0.717, 1.165) is 55.8 Å². The molecule has 0 unspecified atom stereocenters. The maximum Gasteiger partial charge on any atom is 0.294 e. The minimum Gasteiger partial charge on any atom is -0.379 e. The summed E-state index contributed by atoms with van der Waals surface area (Å²) in [5.74, 6) is 0.0186. The quantitative estimate of drug-likeness (QED) is 0.0686. The van der Waals surface area contributed by atoms with Gasteiger partial charge in [-0.2, -0.15) is 13.0 Å². The van der Waals surface area contributed by atoms with Gasteiger partial charge >= 0.3 is 0 Å². The Bertz CT molecular complexity index is 1720. The van der Waals surface area contributed by atoms with Crippen LogP contribution in [0.25, 0.3) is 0 Å². The van der Waals surface area contributed by atoms with Gasteiger partial charge in [-0.25, -0.2) is 0 Å². The Balaban J connectivity index is 1.42. The van der Waals surface area contributed by atoms with E-state index in [4.69, 9.17) is 9.47 Å². The molecule has 0 radical (unpaired) electrons. The average Bonchev–Trinajstić information content (AvgIpc) is 3.43. The van der Waals surface area contributed by atoms with Crippen molar-refractivity contribution < 1.29 is 31.8 Å². The Morgan fingerprint density at radius 2 is 1.64 bits per heavy atom. The first-order valence-electron chi connectivity index (χ1n) is 18.0. The van der Waals surface area contributed by atoms with Crippen LogP contribution in [0.5, 0.6) is 0 Å². The number of hydrogen-bond acceptors (Lipinski definition) is 6. The lowest BCUT2D eigenvalue weighted by Crippen LogP contribution is -2.28. The van der Waals surface area contributed by atoms with Gasteiger partial charge in [0.25, 0.3) is 10.1 Å². The summed E-state index contributed by atoms with van der Waals surface area (Å²) < 4.78 is 47.0. The van der Waals surface area contributed by atoms with Crippen LogP contribution in [0.4, 0.5) is 11.4 Å². The van der Waals surface area contributed by atoms with Crippen molar-refractivity contribution in [3.8, 4) is 0 Å². The number of para-hydroxylation sites is 1. The highest BCUT2D eigenvalue weighted by molar-refractivity contribution is 7.85. The molecule has 2 aliphatic rings. The highest BCUT2D eigenvalue weighted by Gasteiger charge is 2.45. The summed E-state index contributed by atoms with van der Waals surface area (Å²) in [5, 5.41) is 2.92. The van der Waals surface area contributed by atoms with Crippen LogP contribution in [0, 0.1) is 0 Å². The third-order valence-corrected chi connectivity index (χ3v) is 10.4. The van der Waals surface area contributed by atoms with Crippen LogP contribution in [0.3, 0.4) is 0 Å².